The van der Waals surface area contributed by atoms with Gasteiger partial charge >= 0.3 is 0 Å². The molecule has 1 N–H and O–H groups in total. The molecule has 0 bridgehead atoms. The van der Waals surface area contributed by atoms with Crippen LogP contribution in [-0.4, -0.2) is 19.3 Å². The molecule has 3 heteroatoms. The molecule has 2 aromatic carbocycles. The first-order chi connectivity index (χ1) is 12.3. The molecule has 0 saturated carbocycles. The van der Waals surface area contributed by atoms with Crippen molar-refractivity contribution in [2.45, 2.75) is 64.9 Å². The maximum absolute atomic E-state index is 11.7. The van der Waals surface area contributed by atoms with Crippen LogP contribution in [0, 0.1) is 0 Å². The zero-order chi connectivity index (χ0) is 20.6. The summed E-state index contributed by atoms with van der Waals surface area (Å²) in [6, 6.07) is 12.1. The highest BCUT2D eigenvalue weighted by Crippen LogP contribution is 2.42. The Labute approximate surface area is 164 Å². The molecular weight excluding hydrogens is 336 g/mol. The van der Waals surface area contributed by atoms with Gasteiger partial charge in [-0.2, -0.15) is 0 Å². The second kappa shape index (κ2) is 7.20. The van der Waals surface area contributed by atoms with E-state index < -0.39 is 5.60 Å². The molecule has 0 saturated heterocycles. The standard InChI is InChI=1S/C24H34O3/c1-22(2,3)16-10-12-20(26-8)18(14-16)24(7,25)19-15-17(23(4,5)6)11-13-21(19)27-9/h10-15,25H,1-9H3. The number of hydrogen-bond acceptors (Lipinski definition) is 3. The predicted molar refractivity (Wildman–Crippen MR) is 112 cm³/mol. The first-order valence-electron chi connectivity index (χ1n) is 9.42. The molecule has 148 valence electrons. The van der Waals surface area contributed by atoms with Crippen LogP contribution < -0.4 is 9.47 Å². The van der Waals surface area contributed by atoms with Crippen molar-refractivity contribution >= 4 is 0 Å². The van der Waals surface area contributed by atoms with Gasteiger partial charge in [0.15, 0.2) is 0 Å². The van der Waals surface area contributed by atoms with Crippen molar-refractivity contribution in [2.24, 2.45) is 0 Å². The zero-order valence-corrected chi connectivity index (χ0v) is 18.2. The third-order valence-electron chi connectivity index (χ3n) is 5.18. The summed E-state index contributed by atoms with van der Waals surface area (Å²) in [4.78, 5) is 0. The van der Waals surface area contributed by atoms with Crippen molar-refractivity contribution in [3.63, 3.8) is 0 Å². The minimum absolute atomic E-state index is 0.0333. The zero-order valence-electron chi connectivity index (χ0n) is 18.2. The summed E-state index contributed by atoms with van der Waals surface area (Å²) >= 11 is 0. The molecule has 0 aliphatic carbocycles. The minimum atomic E-state index is -1.26. The second-order valence-electron chi connectivity index (χ2n) is 9.40. The van der Waals surface area contributed by atoms with Gasteiger partial charge in [0.05, 0.1) is 14.2 Å². The first kappa shape index (κ1) is 21.3. The van der Waals surface area contributed by atoms with E-state index >= 15 is 0 Å². The molecule has 27 heavy (non-hydrogen) atoms. The predicted octanol–water partition coefficient (Wildman–Crippen LogP) is 5.55. The fourth-order valence-electron chi connectivity index (χ4n) is 3.25. The van der Waals surface area contributed by atoms with Gasteiger partial charge < -0.3 is 14.6 Å². The van der Waals surface area contributed by atoms with Gasteiger partial charge in [-0.25, -0.2) is 0 Å². The lowest BCUT2D eigenvalue weighted by atomic mass is 9.79. The van der Waals surface area contributed by atoms with Gasteiger partial charge in [-0.1, -0.05) is 53.7 Å². The van der Waals surface area contributed by atoms with Crippen LogP contribution in [0.15, 0.2) is 36.4 Å². The lowest BCUT2D eigenvalue weighted by molar-refractivity contribution is 0.0954. The average molecular weight is 371 g/mol. The van der Waals surface area contributed by atoms with Gasteiger partial charge in [0, 0.05) is 11.1 Å². The molecule has 0 fully saturated rings. The van der Waals surface area contributed by atoms with Crippen molar-refractivity contribution in [3.8, 4) is 11.5 Å². The Kier molecular flexibility index (Phi) is 5.68. The van der Waals surface area contributed by atoms with E-state index in [0.717, 1.165) is 22.3 Å². The van der Waals surface area contributed by atoms with E-state index in [0.29, 0.717) is 11.5 Å². The monoisotopic (exact) mass is 370 g/mol. The van der Waals surface area contributed by atoms with E-state index in [1.165, 1.54) is 0 Å². The maximum Gasteiger partial charge on any atom is 0.125 e. The summed E-state index contributed by atoms with van der Waals surface area (Å²) in [5, 5.41) is 11.7. The highest BCUT2D eigenvalue weighted by molar-refractivity contribution is 5.52. The Balaban J connectivity index is 2.75. The van der Waals surface area contributed by atoms with Crippen molar-refractivity contribution in [1.82, 2.24) is 0 Å². The number of rotatable bonds is 4. The van der Waals surface area contributed by atoms with E-state index in [1.54, 1.807) is 14.2 Å². The smallest absolute Gasteiger partial charge is 0.125 e. The van der Waals surface area contributed by atoms with Crippen LogP contribution in [-0.2, 0) is 16.4 Å². The highest BCUT2D eigenvalue weighted by atomic mass is 16.5. The lowest BCUT2D eigenvalue weighted by Gasteiger charge is -2.31. The SMILES string of the molecule is COc1ccc(C(C)(C)C)cc1C(C)(O)c1cc(C(C)(C)C)ccc1OC. The molecule has 0 atom stereocenters. The molecular formula is C24H34O3. The molecule has 0 aliphatic heterocycles. The van der Waals surface area contributed by atoms with E-state index in [9.17, 15) is 5.11 Å². The Morgan fingerprint density at radius 3 is 1.22 bits per heavy atom. The van der Waals surface area contributed by atoms with Crippen molar-refractivity contribution in [3.05, 3.63) is 58.7 Å². The molecule has 2 aromatic rings. The van der Waals surface area contributed by atoms with Gasteiger partial charge in [-0.3, -0.25) is 0 Å². The van der Waals surface area contributed by atoms with E-state index in [4.69, 9.17) is 9.47 Å². The Morgan fingerprint density at radius 2 is 0.963 bits per heavy atom. The lowest BCUT2D eigenvalue weighted by Crippen LogP contribution is -2.26. The fourth-order valence-corrected chi connectivity index (χ4v) is 3.25. The van der Waals surface area contributed by atoms with Gasteiger partial charge in [-0.15, -0.1) is 0 Å². The molecule has 2 rings (SSSR count). The molecule has 0 radical (unpaired) electrons. The quantitative estimate of drug-likeness (QED) is 0.766. The van der Waals surface area contributed by atoms with Crippen LogP contribution in [0.5, 0.6) is 11.5 Å². The van der Waals surface area contributed by atoms with Gasteiger partial charge in [0.1, 0.15) is 17.1 Å². The first-order valence-corrected chi connectivity index (χ1v) is 9.42. The van der Waals surface area contributed by atoms with Crippen molar-refractivity contribution in [2.75, 3.05) is 14.2 Å². The molecule has 0 heterocycles. The number of benzene rings is 2. The molecule has 3 nitrogen and oxygen atoms in total. The van der Waals surface area contributed by atoms with E-state index in [1.807, 2.05) is 31.2 Å². The largest absolute Gasteiger partial charge is 0.496 e. The summed E-state index contributed by atoms with van der Waals surface area (Å²) in [7, 11) is 3.27. The minimum Gasteiger partial charge on any atom is -0.496 e. The number of methoxy groups -OCH3 is 2. The summed E-state index contributed by atoms with van der Waals surface area (Å²) in [5.74, 6) is 1.33. The molecule has 0 unspecified atom stereocenters. The van der Waals surface area contributed by atoms with Crippen LogP contribution in [0.2, 0.25) is 0 Å². The van der Waals surface area contributed by atoms with Crippen LogP contribution >= 0.6 is 0 Å². The maximum atomic E-state index is 11.7. The Bertz CT molecular complexity index is 738. The van der Waals surface area contributed by atoms with Gasteiger partial charge in [0.2, 0.25) is 0 Å². The van der Waals surface area contributed by atoms with Gasteiger partial charge in [0.25, 0.3) is 0 Å². The fraction of sp³-hybridized carbons (Fsp3) is 0.500. The van der Waals surface area contributed by atoms with Crippen LogP contribution in [0.4, 0.5) is 0 Å². The number of ether oxygens (including phenoxy) is 2. The van der Waals surface area contributed by atoms with Crippen molar-refractivity contribution in [1.29, 1.82) is 0 Å². The molecule has 0 spiro atoms. The molecule has 0 aliphatic rings. The molecule has 0 aromatic heterocycles. The molecule has 0 amide bonds. The number of aliphatic hydroxyl groups is 1. The highest BCUT2D eigenvalue weighted by Gasteiger charge is 2.34. The summed E-state index contributed by atoms with van der Waals surface area (Å²) < 4.78 is 11.2. The third kappa shape index (κ3) is 4.30. The summed E-state index contributed by atoms with van der Waals surface area (Å²) in [6.45, 7) is 14.8. The number of hydrogen-bond donors (Lipinski definition) is 1. The third-order valence-corrected chi connectivity index (χ3v) is 5.18. The Hall–Kier alpha value is -2.00. The van der Waals surface area contributed by atoms with Crippen LogP contribution in [0.25, 0.3) is 0 Å². The van der Waals surface area contributed by atoms with Crippen LogP contribution in [0.3, 0.4) is 0 Å². The van der Waals surface area contributed by atoms with E-state index in [-0.39, 0.29) is 10.8 Å². The summed E-state index contributed by atoms with van der Waals surface area (Å²) in [6.07, 6.45) is 0. The Morgan fingerprint density at radius 1 is 0.630 bits per heavy atom. The van der Waals surface area contributed by atoms with Crippen molar-refractivity contribution < 1.29 is 14.6 Å². The van der Waals surface area contributed by atoms with Crippen LogP contribution in [0.1, 0.15) is 70.7 Å². The second-order valence-corrected chi connectivity index (χ2v) is 9.40. The normalized spacial score (nSPS) is 12.8. The summed E-state index contributed by atoms with van der Waals surface area (Å²) in [5.41, 5.74) is 2.43. The van der Waals surface area contributed by atoms with Gasteiger partial charge in [-0.05, 0) is 53.1 Å². The topological polar surface area (TPSA) is 38.7 Å². The average Bonchev–Trinajstić information content (AvgIpc) is 2.58. The van der Waals surface area contributed by atoms with E-state index in [2.05, 4.69) is 53.7 Å².